The smallest absolute Gasteiger partial charge is 0.302 e. The van der Waals surface area contributed by atoms with Crippen molar-refractivity contribution >= 4 is 15.6 Å². The molecule has 0 aliphatic carbocycles. The van der Waals surface area contributed by atoms with E-state index in [0.29, 0.717) is 6.42 Å². The normalized spacial score (nSPS) is 17.6. The van der Waals surface area contributed by atoms with Crippen LogP contribution in [0.15, 0.2) is 46.6 Å². The summed E-state index contributed by atoms with van der Waals surface area (Å²) in [5.74, 6) is 0.267. The number of hydrogen-bond acceptors (Lipinski definition) is 5. The van der Waals surface area contributed by atoms with Gasteiger partial charge in [-0.25, -0.2) is 9.13 Å². The van der Waals surface area contributed by atoms with Gasteiger partial charge in [-0.1, -0.05) is 53.5 Å². The molecule has 9 heteroatoms. The van der Waals surface area contributed by atoms with E-state index in [1.165, 1.54) is 22.3 Å². The topological polar surface area (TPSA) is 102 Å². The SMILES string of the molecule is COP(=O)(O)OP(=O)(O)OCC[C@H](C)CC/C=C(/C)CC/C=C(\C)CC/C=C(\C)CCC=C(C)C. The van der Waals surface area contributed by atoms with E-state index < -0.39 is 15.6 Å². The third-order valence-corrected chi connectivity index (χ3v) is 8.23. The lowest BCUT2D eigenvalue weighted by molar-refractivity contribution is 0.161. The van der Waals surface area contributed by atoms with Crippen LogP contribution in [0, 0.1) is 5.92 Å². The van der Waals surface area contributed by atoms with E-state index in [-0.39, 0.29) is 12.5 Å². The third kappa shape index (κ3) is 21.0. The van der Waals surface area contributed by atoms with Crippen molar-refractivity contribution in [1.29, 1.82) is 0 Å². The molecule has 0 fully saturated rings. The first-order valence-corrected chi connectivity index (χ1v) is 15.4. The lowest BCUT2D eigenvalue weighted by Crippen LogP contribution is -2.02. The Morgan fingerprint density at radius 1 is 0.743 bits per heavy atom. The Morgan fingerprint density at radius 2 is 1.20 bits per heavy atom. The van der Waals surface area contributed by atoms with Crippen LogP contribution >= 0.6 is 15.6 Å². The Morgan fingerprint density at radius 3 is 1.66 bits per heavy atom. The van der Waals surface area contributed by atoms with Gasteiger partial charge in [-0.2, -0.15) is 4.31 Å². The van der Waals surface area contributed by atoms with Gasteiger partial charge in [-0.05, 0) is 98.3 Å². The van der Waals surface area contributed by atoms with E-state index in [2.05, 4.69) is 67.8 Å². The summed E-state index contributed by atoms with van der Waals surface area (Å²) in [6.07, 6.45) is 18.2. The van der Waals surface area contributed by atoms with E-state index in [0.717, 1.165) is 58.5 Å². The van der Waals surface area contributed by atoms with Crippen molar-refractivity contribution in [3.8, 4) is 0 Å². The van der Waals surface area contributed by atoms with E-state index in [1.807, 2.05) is 6.92 Å². The van der Waals surface area contributed by atoms with Gasteiger partial charge in [0.25, 0.3) is 0 Å². The second-order valence-electron chi connectivity index (χ2n) is 9.55. The Balaban J connectivity index is 4.13. The predicted octanol–water partition coefficient (Wildman–Crippen LogP) is 8.82. The molecule has 0 radical (unpaired) electrons. The molecule has 0 amide bonds. The van der Waals surface area contributed by atoms with Crippen LogP contribution in [0.5, 0.6) is 0 Å². The first-order chi connectivity index (χ1) is 16.3. The van der Waals surface area contributed by atoms with E-state index in [9.17, 15) is 14.0 Å². The molecule has 0 heterocycles. The summed E-state index contributed by atoms with van der Waals surface area (Å²) in [6, 6.07) is 0. The molecule has 204 valence electrons. The van der Waals surface area contributed by atoms with Crippen LogP contribution in [0.1, 0.15) is 99.3 Å². The highest BCUT2D eigenvalue weighted by atomic mass is 31.3. The van der Waals surface area contributed by atoms with Crippen molar-refractivity contribution in [3.63, 3.8) is 0 Å². The van der Waals surface area contributed by atoms with Crippen LogP contribution in [0.25, 0.3) is 0 Å². The van der Waals surface area contributed by atoms with Crippen molar-refractivity contribution in [1.82, 2.24) is 0 Å². The van der Waals surface area contributed by atoms with E-state index >= 15 is 0 Å². The van der Waals surface area contributed by atoms with Gasteiger partial charge in [0, 0.05) is 7.11 Å². The second kappa shape index (κ2) is 18.5. The molecular formula is C26H48O7P2. The molecule has 0 saturated heterocycles. The lowest BCUT2D eigenvalue weighted by Gasteiger charge is -2.16. The summed E-state index contributed by atoms with van der Waals surface area (Å²) >= 11 is 0. The molecule has 0 aromatic heterocycles. The van der Waals surface area contributed by atoms with Crippen molar-refractivity contribution in [2.75, 3.05) is 13.7 Å². The van der Waals surface area contributed by atoms with Gasteiger partial charge < -0.3 is 9.79 Å². The lowest BCUT2D eigenvalue weighted by atomic mass is 10.0. The fourth-order valence-electron chi connectivity index (χ4n) is 3.30. The highest BCUT2D eigenvalue weighted by Crippen LogP contribution is 2.60. The minimum absolute atomic E-state index is 0.0460. The maximum atomic E-state index is 11.6. The van der Waals surface area contributed by atoms with Crippen molar-refractivity contribution in [2.45, 2.75) is 99.3 Å². The highest BCUT2D eigenvalue weighted by Gasteiger charge is 2.34. The average molecular weight is 535 g/mol. The number of rotatable bonds is 19. The van der Waals surface area contributed by atoms with Crippen LogP contribution in [0.2, 0.25) is 0 Å². The molecule has 2 unspecified atom stereocenters. The maximum Gasteiger partial charge on any atom is 0.481 e. The molecule has 0 bridgehead atoms. The quantitative estimate of drug-likeness (QED) is 0.126. The molecule has 0 aliphatic rings. The fourth-order valence-corrected chi connectivity index (χ4v) is 5.14. The molecule has 0 spiro atoms. The van der Waals surface area contributed by atoms with Gasteiger partial charge >= 0.3 is 15.6 Å². The van der Waals surface area contributed by atoms with Crippen LogP contribution in [-0.4, -0.2) is 23.5 Å². The molecule has 0 rings (SSSR count). The minimum atomic E-state index is -4.63. The summed E-state index contributed by atoms with van der Waals surface area (Å²) in [5, 5.41) is 0. The zero-order chi connectivity index (χ0) is 26.9. The average Bonchev–Trinajstić information content (AvgIpc) is 2.72. The zero-order valence-corrected chi connectivity index (χ0v) is 24.6. The Labute approximate surface area is 213 Å². The van der Waals surface area contributed by atoms with Crippen LogP contribution in [-0.2, 0) is 22.5 Å². The van der Waals surface area contributed by atoms with Crippen molar-refractivity contribution in [2.24, 2.45) is 5.92 Å². The summed E-state index contributed by atoms with van der Waals surface area (Å²) < 4.78 is 35.9. The summed E-state index contributed by atoms with van der Waals surface area (Å²) in [4.78, 5) is 18.6. The first-order valence-electron chi connectivity index (χ1n) is 12.4. The maximum absolute atomic E-state index is 11.6. The molecule has 35 heavy (non-hydrogen) atoms. The largest absolute Gasteiger partial charge is 0.481 e. The minimum Gasteiger partial charge on any atom is -0.302 e. The fraction of sp³-hybridized carbons (Fsp3) is 0.692. The number of phosphoric ester groups is 2. The standard InChI is InChI=1S/C26H48O7P2/c1-22(2)12-8-13-23(3)14-9-15-24(4)16-10-17-25(5)18-11-19-26(6)20-21-32-35(29,30)33-34(27,28)31-7/h12,14,16,18,26H,8-11,13,15,17,19-21H2,1-7H3,(H,27,28)(H,29,30)/b23-14+,24-16+,25-18-/t26-/m1/s1. The van der Waals surface area contributed by atoms with Gasteiger partial charge in [0.2, 0.25) is 0 Å². The van der Waals surface area contributed by atoms with Gasteiger partial charge in [0.1, 0.15) is 0 Å². The third-order valence-electron chi connectivity index (χ3n) is 5.61. The first kappa shape index (κ1) is 34.2. The molecule has 2 N–H and O–H groups in total. The molecule has 0 aromatic carbocycles. The molecular weight excluding hydrogens is 486 g/mol. The summed E-state index contributed by atoms with van der Waals surface area (Å²) in [5.41, 5.74) is 5.65. The molecule has 0 saturated carbocycles. The predicted molar refractivity (Wildman–Crippen MR) is 145 cm³/mol. The zero-order valence-electron chi connectivity index (χ0n) is 22.8. The van der Waals surface area contributed by atoms with E-state index in [4.69, 9.17) is 9.42 Å². The van der Waals surface area contributed by atoms with Gasteiger partial charge in [0.05, 0.1) is 6.61 Å². The van der Waals surface area contributed by atoms with Gasteiger partial charge in [0.15, 0.2) is 0 Å². The second-order valence-corrected chi connectivity index (χ2v) is 12.7. The van der Waals surface area contributed by atoms with Gasteiger partial charge in [-0.3, -0.25) is 9.05 Å². The molecule has 7 nitrogen and oxygen atoms in total. The van der Waals surface area contributed by atoms with Gasteiger partial charge in [-0.15, -0.1) is 0 Å². The molecule has 0 aliphatic heterocycles. The Kier molecular flexibility index (Phi) is 18.1. The molecule has 3 atom stereocenters. The number of hydrogen-bond donors (Lipinski definition) is 2. The van der Waals surface area contributed by atoms with Crippen LogP contribution in [0.3, 0.4) is 0 Å². The summed E-state index contributed by atoms with van der Waals surface area (Å²) in [6.45, 7) is 12.9. The number of phosphoric acid groups is 2. The Hall–Kier alpha value is -0.780. The van der Waals surface area contributed by atoms with Crippen molar-refractivity contribution in [3.05, 3.63) is 46.6 Å². The van der Waals surface area contributed by atoms with Crippen molar-refractivity contribution < 1.29 is 32.3 Å². The monoisotopic (exact) mass is 534 g/mol. The Bertz CT molecular complexity index is 824. The number of allylic oxidation sites excluding steroid dienone is 8. The van der Waals surface area contributed by atoms with Crippen LogP contribution < -0.4 is 0 Å². The van der Waals surface area contributed by atoms with Crippen LogP contribution in [0.4, 0.5) is 0 Å². The van der Waals surface area contributed by atoms with E-state index in [1.54, 1.807) is 0 Å². The molecule has 0 aromatic rings. The summed E-state index contributed by atoms with van der Waals surface area (Å²) in [7, 11) is -8.30. The highest BCUT2D eigenvalue weighted by molar-refractivity contribution is 7.61.